The van der Waals surface area contributed by atoms with Gasteiger partial charge in [-0.05, 0) is 48.3 Å². The summed E-state index contributed by atoms with van der Waals surface area (Å²) in [6.45, 7) is 2.85. The van der Waals surface area contributed by atoms with Gasteiger partial charge in [0.2, 0.25) is 0 Å². The van der Waals surface area contributed by atoms with E-state index in [1.54, 1.807) is 0 Å². The van der Waals surface area contributed by atoms with E-state index < -0.39 is 6.10 Å². The van der Waals surface area contributed by atoms with Crippen molar-refractivity contribution in [2.75, 3.05) is 6.54 Å². The Hall–Kier alpha value is -1.42. The van der Waals surface area contributed by atoms with Crippen molar-refractivity contribution in [3.63, 3.8) is 0 Å². The maximum atomic E-state index is 10.5. The molecule has 1 heterocycles. The molecule has 0 bridgehead atoms. The zero-order chi connectivity index (χ0) is 16.8. The van der Waals surface area contributed by atoms with E-state index >= 15 is 0 Å². The molecule has 1 aromatic heterocycles. The summed E-state index contributed by atoms with van der Waals surface area (Å²) < 4.78 is 0. The van der Waals surface area contributed by atoms with Crippen molar-refractivity contribution in [2.45, 2.75) is 44.8 Å². The van der Waals surface area contributed by atoms with E-state index in [1.165, 1.54) is 36.1 Å². The first-order valence-corrected chi connectivity index (χ1v) is 9.84. The van der Waals surface area contributed by atoms with E-state index in [-0.39, 0.29) is 6.04 Å². The van der Waals surface area contributed by atoms with Crippen LogP contribution in [0.3, 0.4) is 0 Å². The summed E-state index contributed by atoms with van der Waals surface area (Å²) in [5.41, 5.74) is 2.46. The third-order valence-electron chi connectivity index (χ3n) is 4.98. The molecule has 2 nitrogen and oxygen atoms in total. The van der Waals surface area contributed by atoms with Crippen molar-refractivity contribution in [1.82, 2.24) is 5.32 Å². The highest BCUT2D eigenvalue weighted by atomic mass is 32.1. The molecule has 3 heteroatoms. The molecule has 3 rings (SSSR count). The fraction of sp³-hybridized carbons (Fsp3) is 0.429. The predicted molar refractivity (Wildman–Crippen MR) is 103 cm³/mol. The second-order valence-electron chi connectivity index (χ2n) is 6.67. The van der Waals surface area contributed by atoms with Gasteiger partial charge in [-0.2, -0.15) is 0 Å². The van der Waals surface area contributed by atoms with Crippen LogP contribution in [0.15, 0.2) is 53.9 Å². The van der Waals surface area contributed by atoms with Gasteiger partial charge in [-0.1, -0.05) is 55.3 Å². The second kappa shape index (κ2) is 8.61. The van der Waals surface area contributed by atoms with Gasteiger partial charge in [0, 0.05) is 17.5 Å². The zero-order valence-corrected chi connectivity index (χ0v) is 15.1. The molecule has 2 N–H and O–H groups in total. The minimum Gasteiger partial charge on any atom is -0.387 e. The summed E-state index contributed by atoms with van der Waals surface area (Å²) in [5.74, 6) is 0.708. The van der Waals surface area contributed by atoms with Crippen LogP contribution in [-0.2, 0) is 0 Å². The number of thiophene rings is 1. The number of allylic oxidation sites excluding steroid dienone is 1. The van der Waals surface area contributed by atoms with Gasteiger partial charge >= 0.3 is 0 Å². The average molecular weight is 342 g/mol. The Kier molecular flexibility index (Phi) is 6.24. The van der Waals surface area contributed by atoms with Crippen LogP contribution < -0.4 is 5.32 Å². The van der Waals surface area contributed by atoms with Crippen molar-refractivity contribution in [3.8, 4) is 0 Å². The van der Waals surface area contributed by atoms with Gasteiger partial charge in [0.05, 0.1) is 6.10 Å². The fourth-order valence-corrected chi connectivity index (χ4v) is 4.40. The van der Waals surface area contributed by atoms with Crippen molar-refractivity contribution >= 4 is 16.9 Å². The van der Waals surface area contributed by atoms with Gasteiger partial charge < -0.3 is 10.4 Å². The predicted octanol–water partition coefficient (Wildman–Crippen LogP) is 5.03. The van der Waals surface area contributed by atoms with Crippen molar-refractivity contribution in [2.24, 2.45) is 5.92 Å². The van der Waals surface area contributed by atoms with Gasteiger partial charge in [0.1, 0.15) is 0 Å². The topological polar surface area (TPSA) is 32.3 Å². The van der Waals surface area contributed by atoms with Crippen molar-refractivity contribution in [3.05, 3.63) is 64.4 Å². The molecule has 2 atom stereocenters. The Morgan fingerprint density at radius 3 is 2.62 bits per heavy atom. The number of benzene rings is 1. The molecular weight excluding hydrogens is 314 g/mol. The molecule has 24 heavy (non-hydrogen) atoms. The molecule has 128 valence electrons. The van der Waals surface area contributed by atoms with Gasteiger partial charge in [-0.3, -0.25) is 0 Å². The number of nitrogens with one attached hydrogen (secondary N) is 1. The van der Waals surface area contributed by atoms with Gasteiger partial charge in [-0.15, -0.1) is 11.3 Å². The molecule has 1 aliphatic rings. The molecule has 0 aliphatic heterocycles. The fourth-order valence-electron chi connectivity index (χ4n) is 3.55. The maximum Gasteiger partial charge on any atom is 0.0940 e. The highest BCUT2D eigenvalue weighted by molar-refractivity contribution is 7.11. The number of hydrogen-bond acceptors (Lipinski definition) is 3. The molecule has 0 amide bonds. The summed E-state index contributed by atoms with van der Waals surface area (Å²) >= 11 is 1.83. The Bertz CT molecular complexity index is 629. The van der Waals surface area contributed by atoms with Crippen LogP contribution in [0.25, 0.3) is 5.57 Å². The lowest BCUT2D eigenvalue weighted by molar-refractivity contribution is 0.138. The lowest BCUT2D eigenvalue weighted by Crippen LogP contribution is -2.32. The summed E-state index contributed by atoms with van der Waals surface area (Å²) in [7, 11) is 0. The second-order valence-corrected chi connectivity index (χ2v) is 7.62. The molecule has 0 saturated heterocycles. The molecule has 1 aromatic carbocycles. The lowest BCUT2D eigenvalue weighted by Gasteiger charge is -2.21. The van der Waals surface area contributed by atoms with Crippen LogP contribution in [0.4, 0.5) is 0 Å². The van der Waals surface area contributed by atoms with Gasteiger partial charge in [0.15, 0.2) is 0 Å². The molecule has 1 aliphatic carbocycles. The third kappa shape index (κ3) is 4.35. The largest absolute Gasteiger partial charge is 0.387 e. The van der Waals surface area contributed by atoms with E-state index in [2.05, 4.69) is 28.9 Å². The van der Waals surface area contributed by atoms with E-state index in [9.17, 15) is 5.11 Å². The molecule has 0 spiro atoms. The zero-order valence-electron chi connectivity index (χ0n) is 14.3. The summed E-state index contributed by atoms with van der Waals surface area (Å²) in [5, 5.41) is 16.1. The maximum absolute atomic E-state index is 10.5. The SMILES string of the molecule is CC(NC/C=C(/c1cccs1)C1CCCC1)C(O)c1ccccc1. The standard InChI is InChI=1S/C21H27NOS/c1-16(21(23)18-10-3-2-4-11-18)22-14-13-19(17-8-5-6-9-17)20-12-7-15-24-20/h2-4,7,10-13,15-17,21-23H,5-6,8-9,14H2,1H3/b19-13+. The van der Waals surface area contributed by atoms with Gasteiger partial charge in [0.25, 0.3) is 0 Å². The Morgan fingerprint density at radius 2 is 1.96 bits per heavy atom. The molecule has 1 saturated carbocycles. The van der Waals surface area contributed by atoms with E-state index in [4.69, 9.17) is 0 Å². The minimum absolute atomic E-state index is 0.0248. The van der Waals surface area contributed by atoms with Crippen LogP contribution in [0, 0.1) is 5.92 Å². The van der Waals surface area contributed by atoms with E-state index in [0.717, 1.165) is 12.1 Å². The minimum atomic E-state index is -0.476. The first kappa shape index (κ1) is 17.4. The van der Waals surface area contributed by atoms with E-state index in [1.807, 2.05) is 48.6 Å². The van der Waals surface area contributed by atoms with Crippen LogP contribution >= 0.6 is 11.3 Å². The third-order valence-corrected chi connectivity index (χ3v) is 5.90. The molecule has 0 radical (unpaired) electrons. The Labute approximate surface area is 149 Å². The van der Waals surface area contributed by atoms with Crippen LogP contribution in [0.5, 0.6) is 0 Å². The van der Waals surface area contributed by atoms with Crippen molar-refractivity contribution in [1.29, 1.82) is 0 Å². The Balaban J connectivity index is 1.62. The normalized spacial score (nSPS) is 18.7. The number of aliphatic hydroxyl groups is 1. The van der Waals surface area contributed by atoms with Gasteiger partial charge in [-0.25, -0.2) is 0 Å². The van der Waals surface area contributed by atoms with E-state index in [0.29, 0.717) is 5.92 Å². The first-order chi connectivity index (χ1) is 11.8. The number of aliphatic hydroxyl groups excluding tert-OH is 1. The molecule has 2 aromatic rings. The highest BCUT2D eigenvalue weighted by Crippen LogP contribution is 2.38. The quantitative estimate of drug-likeness (QED) is 0.740. The molecular formula is C21H27NOS. The lowest BCUT2D eigenvalue weighted by atomic mass is 9.95. The monoisotopic (exact) mass is 341 g/mol. The molecule has 1 fully saturated rings. The van der Waals surface area contributed by atoms with Crippen molar-refractivity contribution < 1.29 is 5.11 Å². The smallest absolute Gasteiger partial charge is 0.0940 e. The van der Waals surface area contributed by atoms with Crippen LogP contribution in [0.2, 0.25) is 0 Å². The highest BCUT2D eigenvalue weighted by Gasteiger charge is 2.21. The number of hydrogen-bond donors (Lipinski definition) is 2. The average Bonchev–Trinajstić information content (AvgIpc) is 3.32. The molecule has 2 unspecified atom stereocenters. The number of rotatable bonds is 7. The van der Waals surface area contributed by atoms with Crippen LogP contribution in [0.1, 0.15) is 49.2 Å². The summed E-state index contributed by atoms with van der Waals surface area (Å²) in [4.78, 5) is 1.40. The Morgan fingerprint density at radius 1 is 1.21 bits per heavy atom. The summed E-state index contributed by atoms with van der Waals surface area (Å²) in [6, 6.07) is 14.3. The summed E-state index contributed by atoms with van der Waals surface area (Å²) in [6.07, 6.45) is 7.19. The first-order valence-electron chi connectivity index (χ1n) is 8.96. The van der Waals surface area contributed by atoms with Crippen LogP contribution in [-0.4, -0.2) is 17.7 Å².